The molecule has 1 aromatic carbocycles. The normalized spacial score (nSPS) is 15.7. The predicted molar refractivity (Wildman–Crippen MR) is 69.7 cm³/mol. The van der Waals surface area contributed by atoms with Crippen LogP contribution >= 0.6 is 11.6 Å². The number of benzene rings is 1. The van der Waals surface area contributed by atoms with Crippen molar-refractivity contribution >= 4 is 34.8 Å². The van der Waals surface area contributed by atoms with E-state index in [2.05, 4.69) is 5.10 Å². The zero-order chi connectivity index (χ0) is 13.3. The molecule has 6 heteroatoms. The van der Waals surface area contributed by atoms with Gasteiger partial charge in [-0.2, -0.15) is 5.01 Å². The van der Waals surface area contributed by atoms with Crippen molar-refractivity contribution in [3.8, 4) is 0 Å². The minimum atomic E-state index is -0.190. The highest BCUT2D eigenvalue weighted by Gasteiger charge is 2.27. The highest BCUT2D eigenvalue weighted by atomic mass is 35.5. The number of ketones is 1. The summed E-state index contributed by atoms with van der Waals surface area (Å²) < 4.78 is 0. The van der Waals surface area contributed by atoms with Gasteiger partial charge in [0.05, 0.1) is 5.69 Å². The van der Waals surface area contributed by atoms with Gasteiger partial charge in [0, 0.05) is 19.0 Å². The van der Waals surface area contributed by atoms with Crippen LogP contribution < -0.4 is 5.01 Å². The lowest BCUT2D eigenvalue weighted by Crippen LogP contribution is -2.47. The Morgan fingerprint density at radius 1 is 1.33 bits per heavy atom. The van der Waals surface area contributed by atoms with E-state index < -0.39 is 0 Å². The predicted octanol–water partition coefficient (Wildman–Crippen LogP) is 1.52. The maximum absolute atomic E-state index is 11.9. The quantitative estimate of drug-likeness (QED) is 0.815. The molecule has 0 radical (unpaired) electrons. The van der Waals surface area contributed by atoms with Crippen molar-refractivity contribution in [2.24, 2.45) is 5.10 Å². The zero-order valence-corrected chi connectivity index (χ0v) is 10.8. The Morgan fingerprint density at radius 2 is 1.94 bits per heavy atom. The molecule has 5 nitrogen and oxygen atoms in total. The van der Waals surface area contributed by atoms with Gasteiger partial charge in [-0.15, -0.1) is 5.10 Å². The second-order valence-electron chi connectivity index (χ2n) is 4.02. The van der Waals surface area contributed by atoms with E-state index in [1.807, 2.05) is 0 Å². The minimum absolute atomic E-state index is 0.126. The van der Waals surface area contributed by atoms with E-state index >= 15 is 0 Å². The smallest absolute Gasteiger partial charge is 0.267 e. The van der Waals surface area contributed by atoms with Crippen molar-refractivity contribution < 1.29 is 9.59 Å². The van der Waals surface area contributed by atoms with Crippen LogP contribution in [0.4, 0.5) is 5.69 Å². The van der Waals surface area contributed by atoms with Gasteiger partial charge < -0.3 is 4.90 Å². The Hall–Kier alpha value is -1.88. The van der Waals surface area contributed by atoms with Crippen LogP contribution in [-0.4, -0.2) is 36.0 Å². The lowest BCUT2D eigenvalue weighted by atomic mass is 10.3. The maximum Gasteiger partial charge on any atom is 0.267 e. The number of Topliss-reactive ketones (excluding diaryl/α,β-unsaturated/α-hetero) is 1. The third-order valence-corrected chi connectivity index (χ3v) is 2.80. The molecular formula is C12H12ClN3O2. The van der Waals surface area contributed by atoms with Gasteiger partial charge >= 0.3 is 0 Å². The average molecular weight is 266 g/mol. The zero-order valence-electron chi connectivity index (χ0n) is 10.1. The number of amides is 1. The molecule has 0 atom stereocenters. The van der Waals surface area contributed by atoms with Crippen molar-refractivity contribution in [3.05, 3.63) is 29.3 Å². The molecule has 0 bridgehead atoms. The molecule has 1 amide bonds. The maximum atomic E-state index is 11.9. The molecule has 1 aliphatic heterocycles. The molecular weight excluding hydrogens is 254 g/mol. The topological polar surface area (TPSA) is 53.0 Å². The summed E-state index contributed by atoms with van der Waals surface area (Å²) in [5.74, 6) is -0.0988. The lowest BCUT2D eigenvalue weighted by Gasteiger charge is -2.29. The summed E-state index contributed by atoms with van der Waals surface area (Å²) in [5, 5.41) is 5.89. The Bertz CT molecular complexity index is 525. The number of hydrogen-bond acceptors (Lipinski definition) is 4. The molecule has 1 aromatic rings. The number of carbonyl (C=O) groups is 2. The SMILES string of the molecule is CC(=O)C1=NN(c2ccc(Cl)cc2)C(=O)CN1C. The van der Waals surface area contributed by atoms with Crippen LogP contribution in [-0.2, 0) is 9.59 Å². The number of hydrogen-bond donors (Lipinski definition) is 0. The second-order valence-corrected chi connectivity index (χ2v) is 4.45. The van der Waals surface area contributed by atoms with Gasteiger partial charge in [-0.3, -0.25) is 9.59 Å². The minimum Gasteiger partial charge on any atom is -0.346 e. The number of halogens is 1. The van der Waals surface area contributed by atoms with Crippen molar-refractivity contribution in [2.45, 2.75) is 6.92 Å². The fraction of sp³-hybridized carbons (Fsp3) is 0.250. The van der Waals surface area contributed by atoms with E-state index in [0.717, 1.165) is 0 Å². The first-order chi connectivity index (χ1) is 8.49. The van der Waals surface area contributed by atoms with Crippen LogP contribution in [0.25, 0.3) is 0 Å². The number of hydrazone groups is 1. The van der Waals surface area contributed by atoms with E-state index in [1.54, 1.807) is 31.3 Å². The fourth-order valence-electron chi connectivity index (χ4n) is 1.69. The molecule has 94 valence electrons. The van der Waals surface area contributed by atoms with Gasteiger partial charge in [0.2, 0.25) is 0 Å². The number of carbonyl (C=O) groups excluding carboxylic acids is 2. The van der Waals surface area contributed by atoms with Crippen LogP contribution in [0, 0.1) is 0 Å². The highest BCUT2D eigenvalue weighted by Crippen LogP contribution is 2.20. The Labute approximate surface area is 110 Å². The van der Waals surface area contributed by atoms with Gasteiger partial charge in [-0.1, -0.05) is 11.6 Å². The molecule has 0 saturated heterocycles. The van der Waals surface area contributed by atoms with Crippen LogP contribution in [0.15, 0.2) is 29.4 Å². The summed E-state index contributed by atoms with van der Waals surface area (Å²) in [4.78, 5) is 24.8. The standard InChI is InChI=1S/C12H12ClN3O2/c1-8(17)12-14-16(11(18)7-15(12)2)10-5-3-9(13)4-6-10/h3-6H,7H2,1-2H3. The van der Waals surface area contributed by atoms with E-state index in [-0.39, 0.29) is 24.1 Å². The number of anilines is 1. The lowest BCUT2D eigenvalue weighted by molar-refractivity contribution is -0.119. The summed E-state index contributed by atoms with van der Waals surface area (Å²) in [6, 6.07) is 6.72. The van der Waals surface area contributed by atoms with Crippen LogP contribution in [0.5, 0.6) is 0 Å². The Balaban J connectivity index is 2.40. The largest absolute Gasteiger partial charge is 0.346 e. The molecule has 0 N–H and O–H groups in total. The third-order valence-electron chi connectivity index (χ3n) is 2.55. The van der Waals surface area contributed by atoms with E-state index in [1.165, 1.54) is 16.8 Å². The summed E-state index contributed by atoms with van der Waals surface area (Å²) in [5.41, 5.74) is 0.594. The molecule has 1 heterocycles. The Kier molecular flexibility index (Phi) is 3.34. The first-order valence-electron chi connectivity index (χ1n) is 5.38. The molecule has 0 aromatic heterocycles. The van der Waals surface area contributed by atoms with Gasteiger partial charge in [0.15, 0.2) is 11.6 Å². The van der Waals surface area contributed by atoms with E-state index in [0.29, 0.717) is 10.7 Å². The second kappa shape index (κ2) is 4.78. The van der Waals surface area contributed by atoms with Crippen LogP contribution in [0.1, 0.15) is 6.92 Å². The van der Waals surface area contributed by atoms with Crippen molar-refractivity contribution in [1.29, 1.82) is 0 Å². The Morgan fingerprint density at radius 3 is 2.50 bits per heavy atom. The van der Waals surface area contributed by atoms with Gasteiger partial charge in [-0.05, 0) is 24.3 Å². The highest BCUT2D eigenvalue weighted by molar-refractivity contribution is 6.39. The van der Waals surface area contributed by atoms with Crippen molar-refractivity contribution in [1.82, 2.24) is 4.90 Å². The monoisotopic (exact) mass is 265 g/mol. The van der Waals surface area contributed by atoms with Crippen molar-refractivity contribution in [3.63, 3.8) is 0 Å². The molecule has 0 aliphatic carbocycles. The van der Waals surface area contributed by atoms with E-state index in [4.69, 9.17) is 11.6 Å². The average Bonchev–Trinajstić information content (AvgIpc) is 2.30. The first-order valence-corrected chi connectivity index (χ1v) is 5.76. The van der Waals surface area contributed by atoms with Gasteiger partial charge in [-0.25, -0.2) is 0 Å². The van der Waals surface area contributed by atoms with Gasteiger partial charge in [0.1, 0.15) is 6.54 Å². The van der Waals surface area contributed by atoms with E-state index in [9.17, 15) is 9.59 Å². The molecule has 1 aliphatic rings. The van der Waals surface area contributed by atoms with Crippen LogP contribution in [0.3, 0.4) is 0 Å². The van der Waals surface area contributed by atoms with Crippen molar-refractivity contribution in [2.75, 3.05) is 18.6 Å². The molecule has 0 spiro atoms. The summed E-state index contributed by atoms with van der Waals surface area (Å²) in [6.07, 6.45) is 0. The molecule has 0 saturated carbocycles. The molecule has 18 heavy (non-hydrogen) atoms. The summed E-state index contributed by atoms with van der Waals surface area (Å²) >= 11 is 5.79. The molecule has 2 rings (SSSR count). The third kappa shape index (κ3) is 2.36. The number of amidine groups is 1. The van der Waals surface area contributed by atoms with Gasteiger partial charge in [0.25, 0.3) is 5.91 Å². The molecule has 0 fully saturated rings. The fourth-order valence-corrected chi connectivity index (χ4v) is 1.82. The number of likely N-dealkylation sites (N-methyl/N-ethyl adjacent to an activating group) is 1. The van der Waals surface area contributed by atoms with Crippen LogP contribution in [0.2, 0.25) is 5.02 Å². The first kappa shape index (κ1) is 12.6. The number of rotatable bonds is 2. The molecule has 0 unspecified atom stereocenters. The summed E-state index contributed by atoms with van der Waals surface area (Å²) in [7, 11) is 1.66. The summed E-state index contributed by atoms with van der Waals surface area (Å²) in [6.45, 7) is 1.55. The number of nitrogens with zero attached hydrogens (tertiary/aromatic N) is 3.